The molecule has 0 aliphatic rings. The molecule has 3 rings (SSSR count). The molecule has 1 N–H and O–H groups in total. The smallest absolute Gasteiger partial charge is 0.294 e. The van der Waals surface area contributed by atoms with Gasteiger partial charge in [0.15, 0.2) is 0 Å². The average molecular weight is 581 g/mol. The summed E-state index contributed by atoms with van der Waals surface area (Å²) < 4.78 is 36.8. The van der Waals surface area contributed by atoms with Gasteiger partial charge in [-0.05, 0) is 83.3 Å². The third-order valence-electron chi connectivity index (χ3n) is 5.39. The summed E-state index contributed by atoms with van der Waals surface area (Å²) in [4.78, 5) is -0.0666. The molecule has 0 aliphatic carbocycles. The van der Waals surface area contributed by atoms with Gasteiger partial charge in [-0.1, -0.05) is 81.1 Å². The number of rotatable bonds is 9. The summed E-state index contributed by atoms with van der Waals surface area (Å²) in [5.74, 6) is 1.65. The number of halogens is 1. The fraction of sp³-hybridized carbons (Fsp3) is 0.333. The zero-order chi connectivity index (χ0) is 24.3. The van der Waals surface area contributed by atoms with Crippen molar-refractivity contribution in [3.05, 3.63) is 81.9 Å². The van der Waals surface area contributed by atoms with Crippen LogP contribution >= 0.6 is 22.6 Å². The first kappa shape index (κ1) is 27.3. The summed E-state index contributed by atoms with van der Waals surface area (Å²) >= 11 is 2.38. The summed E-state index contributed by atoms with van der Waals surface area (Å²) in [5.41, 5.74) is 3.48. The Morgan fingerprint density at radius 1 is 0.939 bits per heavy atom. The van der Waals surface area contributed by atoms with Gasteiger partial charge in [-0.3, -0.25) is 4.55 Å². The van der Waals surface area contributed by atoms with Gasteiger partial charge in [0.05, 0.1) is 11.5 Å². The van der Waals surface area contributed by atoms with Gasteiger partial charge in [0, 0.05) is 3.57 Å². The molecular weight excluding hydrogens is 547 g/mol. The molecule has 0 saturated carbocycles. The molecule has 0 aromatic heterocycles. The number of ether oxygens (including phenoxy) is 1. The van der Waals surface area contributed by atoms with Gasteiger partial charge in [0.1, 0.15) is 5.75 Å². The van der Waals surface area contributed by atoms with Crippen LogP contribution in [0.25, 0.3) is 11.1 Å². The lowest BCUT2D eigenvalue weighted by molar-refractivity contribution is 0.233. The van der Waals surface area contributed by atoms with E-state index in [1.54, 1.807) is 12.1 Å². The second-order valence-corrected chi connectivity index (χ2v) is 10.6. The molecule has 0 aliphatic heterocycles. The van der Waals surface area contributed by atoms with Crippen molar-refractivity contribution >= 4 is 32.7 Å². The third-order valence-corrected chi connectivity index (χ3v) is 7.20. The predicted molar refractivity (Wildman–Crippen MR) is 144 cm³/mol. The fourth-order valence-electron chi connectivity index (χ4n) is 3.25. The highest BCUT2D eigenvalue weighted by Gasteiger charge is 2.08. The van der Waals surface area contributed by atoms with E-state index >= 15 is 0 Å². The van der Waals surface area contributed by atoms with Crippen LogP contribution in [0.15, 0.2) is 77.7 Å². The lowest BCUT2D eigenvalue weighted by atomic mass is 10.0. The number of hydrogen-bond acceptors (Lipinski definition) is 3. The first-order valence-corrected chi connectivity index (χ1v) is 13.8. The maximum atomic E-state index is 10.5. The van der Waals surface area contributed by atoms with E-state index in [-0.39, 0.29) is 4.90 Å². The lowest BCUT2D eigenvalue weighted by Crippen LogP contribution is -2.11. The number of benzene rings is 3. The zero-order valence-corrected chi connectivity index (χ0v) is 22.5. The van der Waals surface area contributed by atoms with Crippen molar-refractivity contribution in [2.24, 2.45) is 5.92 Å². The Hall–Kier alpha value is -1.90. The molecule has 0 amide bonds. The van der Waals surface area contributed by atoms with Crippen molar-refractivity contribution in [2.75, 3.05) is 6.61 Å². The topological polar surface area (TPSA) is 63.6 Å². The third kappa shape index (κ3) is 9.47. The maximum Gasteiger partial charge on any atom is 0.294 e. The first-order chi connectivity index (χ1) is 15.7. The first-order valence-electron chi connectivity index (χ1n) is 11.3. The molecule has 0 spiro atoms. The normalized spacial score (nSPS) is 11.9. The summed E-state index contributed by atoms with van der Waals surface area (Å²) in [7, 11) is -4.02. The van der Waals surface area contributed by atoms with Crippen LogP contribution in [-0.2, 0) is 10.1 Å². The minimum absolute atomic E-state index is 0.0666. The highest BCUT2D eigenvalue weighted by molar-refractivity contribution is 14.1. The number of hydrogen-bond donors (Lipinski definition) is 1. The Balaban J connectivity index is 0.000000294. The standard InChI is InChI=1S/C20H25IO.C7H8O3S/c1-3-5-8-16(4-2)15-22-18-13-11-17(12-14-18)19-9-6-7-10-20(19)21;1-6-2-4-7(5-3-6)11(8,9)10/h6-7,9-14,16H,3-5,8,15H2,1-2H3;2-5H,1H3,(H,8,9,10). The molecule has 0 fully saturated rings. The van der Waals surface area contributed by atoms with Gasteiger partial charge in [0.25, 0.3) is 10.1 Å². The molecule has 178 valence electrons. The van der Waals surface area contributed by atoms with Gasteiger partial charge in [-0.2, -0.15) is 8.42 Å². The van der Waals surface area contributed by atoms with Crippen molar-refractivity contribution < 1.29 is 17.7 Å². The van der Waals surface area contributed by atoms with Crippen LogP contribution in [0.5, 0.6) is 5.75 Å². The molecule has 3 aromatic rings. The van der Waals surface area contributed by atoms with Crippen LogP contribution in [0, 0.1) is 16.4 Å². The van der Waals surface area contributed by atoms with E-state index in [0.29, 0.717) is 5.92 Å². The predicted octanol–water partition coefficient (Wildman–Crippen LogP) is 7.80. The molecular formula is C27H33IO4S. The second-order valence-electron chi connectivity index (χ2n) is 8.02. The van der Waals surface area contributed by atoms with Crippen LogP contribution in [0.1, 0.15) is 45.1 Å². The minimum Gasteiger partial charge on any atom is -0.493 e. The Kier molecular flexibility index (Phi) is 11.4. The van der Waals surface area contributed by atoms with Crippen LogP contribution < -0.4 is 4.74 Å². The van der Waals surface area contributed by atoms with E-state index in [0.717, 1.165) is 17.9 Å². The molecule has 1 atom stereocenters. The molecule has 0 bridgehead atoms. The second kappa shape index (κ2) is 13.7. The maximum absolute atomic E-state index is 10.5. The summed E-state index contributed by atoms with van der Waals surface area (Å²) in [6.45, 7) is 7.17. The SMILES string of the molecule is CCCCC(CC)COc1ccc(-c2ccccc2I)cc1.Cc1ccc(S(=O)(=O)O)cc1. The van der Waals surface area contributed by atoms with Gasteiger partial charge in [-0.15, -0.1) is 0 Å². The lowest BCUT2D eigenvalue weighted by Gasteiger charge is -2.15. The Morgan fingerprint density at radius 2 is 1.58 bits per heavy atom. The van der Waals surface area contributed by atoms with Gasteiger partial charge < -0.3 is 4.74 Å². The highest BCUT2D eigenvalue weighted by atomic mass is 127. The van der Waals surface area contributed by atoms with Gasteiger partial charge in [0.2, 0.25) is 0 Å². The fourth-order valence-corrected chi connectivity index (χ4v) is 4.43. The number of unbranched alkanes of at least 4 members (excludes halogenated alkanes) is 1. The van der Waals surface area contributed by atoms with E-state index in [4.69, 9.17) is 9.29 Å². The summed E-state index contributed by atoms with van der Waals surface area (Å²) in [6.07, 6.45) is 5.03. The van der Waals surface area contributed by atoms with Crippen molar-refractivity contribution in [1.29, 1.82) is 0 Å². The van der Waals surface area contributed by atoms with E-state index in [9.17, 15) is 8.42 Å². The molecule has 0 heterocycles. The van der Waals surface area contributed by atoms with Crippen molar-refractivity contribution in [3.8, 4) is 16.9 Å². The summed E-state index contributed by atoms with van der Waals surface area (Å²) in [6, 6.07) is 22.9. The molecule has 0 radical (unpaired) electrons. The van der Waals surface area contributed by atoms with Crippen LogP contribution in [-0.4, -0.2) is 19.6 Å². The van der Waals surface area contributed by atoms with E-state index < -0.39 is 10.1 Å². The zero-order valence-electron chi connectivity index (χ0n) is 19.5. The van der Waals surface area contributed by atoms with E-state index in [1.807, 2.05) is 6.92 Å². The highest BCUT2D eigenvalue weighted by Crippen LogP contribution is 2.27. The number of aryl methyl sites for hydroxylation is 1. The molecule has 6 heteroatoms. The molecule has 4 nitrogen and oxygen atoms in total. The van der Waals surface area contributed by atoms with Crippen LogP contribution in [0.2, 0.25) is 0 Å². The molecule has 33 heavy (non-hydrogen) atoms. The largest absolute Gasteiger partial charge is 0.493 e. The van der Waals surface area contributed by atoms with Crippen molar-refractivity contribution in [3.63, 3.8) is 0 Å². The Morgan fingerprint density at radius 3 is 2.12 bits per heavy atom. The van der Waals surface area contributed by atoms with Crippen LogP contribution in [0.3, 0.4) is 0 Å². The Labute approximate surface area is 212 Å². The van der Waals surface area contributed by atoms with Crippen molar-refractivity contribution in [2.45, 2.75) is 51.3 Å². The monoisotopic (exact) mass is 580 g/mol. The van der Waals surface area contributed by atoms with Gasteiger partial charge >= 0.3 is 0 Å². The van der Waals surface area contributed by atoms with Crippen LogP contribution in [0.4, 0.5) is 0 Å². The minimum atomic E-state index is -4.02. The average Bonchev–Trinajstić information content (AvgIpc) is 2.80. The molecule has 0 saturated heterocycles. The quantitative estimate of drug-likeness (QED) is 0.207. The molecule has 1 unspecified atom stereocenters. The summed E-state index contributed by atoms with van der Waals surface area (Å²) in [5, 5.41) is 0. The molecule has 3 aromatic carbocycles. The van der Waals surface area contributed by atoms with E-state index in [1.165, 1.54) is 52.5 Å². The van der Waals surface area contributed by atoms with E-state index in [2.05, 4.69) is 85.0 Å². The van der Waals surface area contributed by atoms with Crippen molar-refractivity contribution in [1.82, 2.24) is 0 Å². The van der Waals surface area contributed by atoms with Gasteiger partial charge in [-0.25, -0.2) is 0 Å². The Bertz CT molecular complexity index is 1080.